The Hall–Kier alpha value is -1.36. The molecule has 106 valence electrons. The molecule has 1 unspecified atom stereocenters. The maximum absolute atomic E-state index is 11.8. The van der Waals surface area contributed by atoms with Crippen LogP contribution in [0, 0.1) is 5.92 Å². The average Bonchev–Trinajstić information content (AvgIpc) is 3.07. The Labute approximate surface area is 114 Å². The lowest BCUT2D eigenvalue weighted by molar-refractivity contribution is -0.122. The van der Waals surface area contributed by atoms with Crippen molar-refractivity contribution in [2.45, 2.75) is 58.8 Å². The quantitative estimate of drug-likeness (QED) is 0.780. The summed E-state index contributed by atoms with van der Waals surface area (Å²) in [5.41, 5.74) is 0.997. The molecular weight excluding hydrogens is 240 g/mol. The van der Waals surface area contributed by atoms with E-state index in [0.29, 0.717) is 18.5 Å². The molecule has 0 saturated heterocycles. The highest BCUT2D eigenvalue weighted by molar-refractivity contribution is 5.76. The second-order valence-electron chi connectivity index (χ2n) is 5.79. The van der Waals surface area contributed by atoms with Crippen LogP contribution in [0.1, 0.15) is 39.3 Å². The van der Waals surface area contributed by atoms with E-state index in [1.807, 2.05) is 17.7 Å². The normalized spacial score (nSPS) is 16.6. The number of nitrogens with one attached hydrogen (secondary N) is 2. The van der Waals surface area contributed by atoms with Gasteiger partial charge < -0.3 is 15.2 Å². The molecule has 1 heterocycles. The van der Waals surface area contributed by atoms with E-state index in [1.165, 1.54) is 12.8 Å². The molecule has 5 nitrogen and oxygen atoms in total. The monoisotopic (exact) mass is 264 g/mol. The Morgan fingerprint density at radius 2 is 2.21 bits per heavy atom. The molecule has 2 N–H and O–H groups in total. The van der Waals surface area contributed by atoms with Crippen molar-refractivity contribution in [3.8, 4) is 0 Å². The van der Waals surface area contributed by atoms with Crippen LogP contribution in [0.15, 0.2) is 12.5 Å². The van der Waals surface area contributed by atoms with Gasteiger partial charge in [-0.05, 0) is 25.7 Å². The van der Waals surface area contributed by atoms with E-state index in [0.717, 1.165) is 12.2 Å². The van der Waals surface area contributed by atoms with Gasteiger partial charge in [0.05, 0.1) is 12.0 Å². The fourth-order valence-electron chi connectivity index (χ4n) is 1.75. The molecule has 0 aliphatic heterocycles. The van der Waals surface area contributed by atoms with Crippen molar-refractivity contribution in [3.05, 3.63) is 18.2 Å². The molecule has 0 spiro atoms. The molecule has 1 saturated carbocycles. The zero-order chi connectivity index (χ0) is 13.8. The molecule has 1 aliphatic carbocycles. The van der Waals surface area contributed by atoms with E-state index in [1.54, 1.807) is 6.33 Å². The van der Waals surface area contributed by atoms with Crippen LogP contribution in [0.2, 0.25) is 0 Å². The standard InChI is InChI=1S/C14H24N4O/c1-10(2)11(3)17-14(19)8-18-7-13(16-9-18)6-15-12-4-5-12/h7,9-12,15H,4-6,8H2,1-3H3,(H,17,19). The summed E-state index contributed by atoms with van der Waals surface area (Å²) in [5.74, 6) is 0.491. The van der Waals surface area contributed by atoms with Crippen molar-refractivity contribution in [1.29, 1.82) is 0 Å². The molecule has 1 aromatic heterocycles. The van der Waals surface area contributed by atoms with Crippen LogP contribution < -0.4 is 10.6 Å². The van der Waals surface area contributed by atoms with Crippen molar-refractivity contribution in [3.63, 3.8) is 0 Å². The van der Waals surface area contributed by atoms with E-state index in [9.17, 15) is 4.79 Å². The van der Waals surface area contributed by atoms with Crippen LogP contribution in [-0.2, 0) is 17.9 Å². The maximum Gasteiger partial charge on any atom is 0.240 e. The van der Waals surface area contributed by atoms with Gasteiger partial charge in [0, 0.05) is 24.8 Å². The van der Waals surface area contributed by atoms with Crippen molar-refractivity contribution in [2.75, 3.05) is 0 Å². The maximum atomic E-state index is 11.8. The van der Waals surface area contributed by atoms with Crippen LogP contribution in [0.25, 0.3) is 0 Å². The summed E-state index contributed by atoms with van der Waals surface area (Å²) >= 11 is 0. The van der Waals surface area contributed by atoms with Gasteiger partial charge in [-0.2, -0.15) is 0 Å². The number of carbonyl (C=O) groups is 1. The lowest BCUT2D eigenvalue weighted by Gasteiger charge is -2.17. The summed E-state index contributed by atoms with van der Waals surface area (Å²) in [6.45, 7) is 7.37. The van der Waals surface area contributed by atoms with E-state index in [2.05, 4.69) is 29.5 Å². The zero-order valence-electron chi connectivity index (χ0n) is 12.0. The van der Waals surface area contributed by atoms with Gasteiger partial charge in [0.1, 0.15) is 6.54 Å². The van der Waals surface area contributed by atoms with Gasteiger partial charge >= 0.3 is 0 Å². The van der Waals surface area contributed by atoms with E-state index < -0.39 is 0 Å². The van der Waals surface area contributed by atoms with Gasteiger partial charge in [-0.25, -0.2) is 4.98 Å². The van der Waals surface area contributed by atoms with Crippen molar-refractivity contribution >= 4 is 5.91 Å². The average molecular weight is 264 g/mol. The zero-order valence-corrected chi connectivity index (χ0v) is 12.0. The molecule has 5 heteroatoms. The molecule has 1 aromatic rings. The molecule has 1 fully saturated rings. The first-order valence-corrected chi connectivity index (χ1v) is 7.08. The Morgan fingerprint density at radius 3 is 2.84 bits per heavy atom. The third kappa shape index (κ3) is 4.67. The summed E-state index contributed by atoms with van der Waals surface area (Å²) in [6.07, 6.45) is 6.21. The Morgan fingerprint density at radius 1 is 1.47 bits per heavy atom. The van der Waals surface area contributed by atoms with Gasteiger partial charge in [-0.15, -0.1) is 0 Å². The number of aromatic nitrogens is 2. The lowest BCUT2D eigenvalue weighted by atomic mass is 10.1. The van der Waals surface area contributed by atoms with Crippen molar-refractivity contribution in [1.82, 2.24) is 20.2 Å². The van der Waals surface area contributed by atoms with Crippen molar-refractivity contribution < 1.29 is 4.79 Å². The fraction of sp³-hybridized carbons (Fsp3) is 0.714. The number of rotatable bonds is 7. The Kier molecular flexibility index (Phi) is 4.58. The van der Waals surface area contributed by atoms with Crippen LogP contribution in [-0.4, -0.2) is 27.5 Å². The minimum absolute atomic E-state index is 0.0419. The summed E-state index contributed by atoms with van der Waals surface area (Å²) in [5, 5.41) is 6.40. The fourth-order valence-corrected chi connectivity index (χ4v) is 1.75. The second-order valence-corrected chi connectivity index (χ2v) is 5.79. The Balaban J connectivity index is 1.76. The highest BCUT2D eigenvalue weighted by Crippen LogP contribution is 2.18. The third-order valence-electron chi connectivity index (χ3n) is 3.55. The number of amides is 1. The topological polar surface area (TPSA) is 59.0 Å². The molecule has 1 amide bonds. The number of hydrogen-bond donors (Lipinski definition) is 2. The minimum atomic E-state index is 0.0419. The highest BCUT2D eigenvalue weighted by Gasteiger charge is 2.20. The smallest absolute Gasteiger partial charge is 0.240 e. The number of nitrogens with zero attached hydrogens (tertiary/aromatic N) is 2. The second kappa shape index (κ2) is 6.19. The first-order valence-electron chi connectivity index (χ1n) is 7.08. The predicted molar refractivity (Wildman–Crippen MR) is 74.5 cm³/mol. The number of imidazole rings is 1. The number of carbonyl (C=O) groups excluding carboxylic acids is 1. The van der Waals surface area contributed by atoms with Gasteiger partial charge in [0.2, 0.25) is 5.91 Å². The molecular formula is C14H24N4O. The summed E-state index contributed by atoms with van der Waals surface area (Å²) in [6, 6.07) is 0.882. The van der Waals surface area contributed by atoms with Gasteiger partial charge in [0.25, 0.3) is 0 Å². The lowest BCUT2D eigenvalue weighted by Crippen LogP contribution is -2.37. The van der Waals surface area contributed by atoms with Crippen LogP contribution in [0.4, 0.5) is 0 Å². The first kappa shape index (κ1) is 14.1. The Bertz CT molecular complexity index is 423. The summed E-state index contributed by atoms with van der Waals surface area (Å²) in [4.78, 5) is 16.1. The molecule has 2 rings (SSSR count). The van der Waals surface area contributed by atoms with Gasteiger partial charge in [-0.1, -0.05) is 13.8 Å². The van der Waals surface area contributed by atoms with Crippen LogP contribution >= 0.6 is 0 Å². The first-order chi connectivity index (χ1) is 9.04. The third-order valence-corrected chi connectivity index (χ3v) is 3.55. The molecule has 0 bridgehead atoms. The van der Waals surface area contributed by atoms with E-state index in [4.69, 9.17) is 0 Å². The van der Waals surface area contributed by atoms with Crippen LogP contribution in [0.5, 0.6) is 0 Å². The predicted octanol–water partition coefficient (Wildman–Crippen LogP) is 1.30. The van der Waals surface area contributed by atoms with Gasteiger partial charge in [-0.3, -0.25) is 4.79 Å². The largest absolute Gasteiger partial charge is 0.352 e. The number of hydrogen-bond acceptors (Lipinski definition) is 3. The summed E-state index contributed by atoms with van der Waals surface area (Å²) in [7, 11) is 0. The summed E-state index contributed by atoms with van der Waals surface area (Å²) < 4.78 is 1.84. The molecule has 0 radical (unpaired) electrons. The van der Waals surface area contributed by atoms with E-state index in [-0.39, 0.29) is 11.9 Å². The minimum Gasteiger partial charge on any atom is -0.352 e. The molecule has 0 aromatic carbocycles. The van der Waals surface area contributed by atoms with E-state index >= 15 is 0 Å². The molecule has 1 aliphatic rings. The highest BCUT2D eigenvalue weighted by atomic mass is 16.2. The molecule has 1 atom stereocenters. The molecule has 19 heavy (non-hydrogen) atoms. The van der Waals surface area contributed by atoms with Crippen LogP contribution in [0.3, 0.4) is 0 Å². The van der Waals surface area contributed by atoms with Crippen molar-refractivity contribution in [2.24, 2.45) is 5.92 Å². The van der Waals surface area contributed by atoms with Gasteiger partial charge in [0.15, 0.2) is 0 Å². The SMILES string of the molecule is CC(C)C(C)NC(=O)Cn1cnc(CNC2CC2)c1.